The topological polar surface area (TPSA) is 84.1 Å². The number of unbranched alkanes of at least 4 members (excludes halogenated alkanes) is 1. The number of nitrogens with zero attached hydrogens (tertiary/aromatic N) is 2. The molecule has 1 heterocycles. The summed E-state index contributed by atoms with van der Waals surface area (Å²) in [6.07, 6.45) is 2.01. The van der Waals surface area contributed by atoms with Crippen molar-refractivity contribution in [1.82, 2.24) is 9.88 Å². The minimum atomic E-state index is -0.630. The Hall–Kier alpha value is -4.63. The summed E-state index contributed by atoms with van der Waals surface area (Å²) >= 11 is 0. The van der Waals surface area contributed by atoms with Gasteiger partial charge in [0.25, 0.3) is 5.56 Å². The van der Waals surface area contributed by atoms with Crippen molar-refractivity contribution in [2.24, 2.45) is 0 Å². The highest BCUT2D eigenvalue weighted by molar-refractivity contribution is 5.78. The number of para-hydroxylation sites is 2. The molecule has 1 N–H and O–H groups in total. The van der Waals surface area contributed by atoms with E-state index in [1.165, 1.54) is 0 Å². The molecule has 0 aliphatic rings. The maximum Gasteiger partial charge on any atom is 0.412 e. The molecule has 37 heavy (non-hydrogen) atoms. The number of benzene rings is 3. The fourth-order valence-corrected chi connectivity index (χ4v) is 4.36. The van der Waals surface area contributed by atoms with Crippen molar-refractivity contribution in [1.29, 1.82) is 5.26 Å². The predicted molar refractivity (Wildman–Crippen MR) is 145 cm³/mol. The van der Waals surface area contributed by atoms with Crippen LogP contribution in [0.4, 0.5) is 4.79 Å². The highest BCUT2D eigenvalue weighted by atomic mass is 16.6. The van der Waals surface area contributed by atoms with Gasteiger partial charge in [-0.05, 0) is 55.7 Å². The van der Waals surface area contributed by atoms with E-state index in [2.05, 4.69) is 18.3 Å². The molecule has 0 spiro atoms. The molecule has 0 fully saturated rings. The summed E-state index contributed by atoms with van der Waals surface area (Å²) < 4.78 is 7.05. The van der Waals surface area contributed by atoms with Crippen LogP contribution < -0.4 is 15.6 Å². The van der Waals surface area contributed by atoms with Crippen LogP contribution in [0.1, 0.15) is 42.1 Å². The van der Waals surface area contributed by atoms with E-state index in [0.29, 0.717) is 22.6 Å². The second kappa shape index (κ2) is 11.9. The number of amides is 1. The molecule has 4 aromatic rings. The first-order valence-corrected chi connectivity index (χ1v) is 12.4. The molecule has 0 saturated heterocycles. The Labute approximate surface area is 216 Å². The van der Waals surface area contributed by atoms with E-state index in [1.807, 2.05) is 61.5 Å². The number of hydrogen-bond donors (Lipinski definition) is 1. The summed E-state index contributed by atoms with van der Waals surface area (Å²) in [5, 5.41) is 12.4. The van der Waals surface area contributed by atoms with Gasteiger partial charge in [0, 0.05) is 22.4 Å². The predicted octanol–water partition coefficient (Wildman–Crippen LogP) is 6.32. The Morgan fingerprint density at radius 1 is 0.973 bits per heavy atom. The van der Waals surface area contributed by atoms with Crippen LogP contribution in [0.25, 0.3) is 16.8 Å². The first-order valence-electron chi connectivity index (χ1n) is 12.4. The van der Waals surface area contributed by atoms with E-state index in [0.717, 1.165) is 41.6 Å². The van der Waals surface area contributed by atoms with Crippen LogP contribution in [0.2, 0.25) is 0 Å². The summed E-state index contributed by atoms with van der Waals surface area (Å²) in [5.41, 5.74) is 4.78. The molecule has 6 nitrogen and oxygen atoms in total. The van der Waals surface area contributed by atoms with E-state index in [4.69, 9.17) is 4.74 Å². The second-order valence-electron chi connectivity index (χ2n) is 8.77. The third-order valence-corrected chi connectivity index (χ3v) is 6.24. The molecule has 0 saturated carbocycles. The average Bonchev–Trinajstić information content (AvgIpc) is 2.92. The summed E-state index contributed by atoms with van der Waals surface area (Å²) in [6, 6.07) is 28.1. The monoisotopic (exact) mass is 491 g/mol. The lowest BCUT2D eigenvalue weighted by Crippen LogP contribution is -2.33. The van der Waals surface area contributed by atoms with Crippen LogP contribution in [0.3, 0.4) is 0 Å². The first kappa shape index (κ1) is 25.5. The highest BCUT2D eigenvalue weighted by Crippen LogP contribution is 2.30. The fraction of sp³-hybridized carbons (Fsp3) is 0.194. The molecule has 1 amide bonds. The summed E-state index contributed by atoms with van der Waals surface area (Å²) in [4.78, 5) is 26.4. The van der Waals surface area contributed by atoms with Gasteiger partial charge in [-0.3, -0.25) is 9.36 Å². The molecular weight excluding hydrogens is 462 g/mol. The van der Waals surface area contributed by atoms with Crippen molar-refractivity contribution < 1.29 is 9.53 Å². The van der Waals surface area contributed by atoms with Crippen molar-refractivity contribution in [3.05, 3.63) is 118 Å². The van der Waals surface area contributed by atoms with E-state index in [-0.39, 0.29) is 12.1 Å². The number of nitrogens with one attached hydrogen (secondary N) is 1. The first-order chi connectivity index (χ1) is 18.0. The molecule has 0 unspecified atom stereocenters. The number of carbonyl (C=O) groups excluding carboxylic acids is 1. The van der Waals surface area contributed by atoms with Gasteiger partial charge >= 0.3 is 6.09 Å². The van der Waals surface area contributed by atoms with E-state index >= 15 is 0 Å². The smallest absolute Gasteiger partial charge is 0.410 e. The van der Waals surface area contributed by atoms with Gasteiger partial charge in [0.1, 0.15) is 5.75 Å². The Morgan fingerprint density at radius 3 is 2.38 bits per heavy atom. The van der Waals surface area contributed by atoms with E-state index in [1.54, 1.807) is 34.9 Å². The Kier molecular flexibility index (Phi) is 8.17. The van der Waals surface area contributed by atoms with Crippen molar-refractivity contribution in [3.63, 3.8) is 0 Å². The molecule has 0 radical (unpaired) electrons. The molecule has 1 aromatic heterocycles. The Bertz CT molecular complexity index is 1500. The molecule has 0 aliphatic carbocycles. The zero-order valence-corrected chi connectivity index (χ0v) is 21.0. The Balaban J connectivity index is 1.77. The third kappa shape index (κ3) is 5.79. The fourth-order valence-electron chi connectivity index (χ4n) is 4.36. The van der Waals surface area contributed by atoms with Gasteiger partial charge in [-0.1, -0.05) is 67.9 Å². The lowest BCUT2D eigenvalue weighted by Gasteiger charge is -2.20. The molecule has 4 rings (SSSR count). The number of aryl methyl sites for hydroxylation is 2. The van der Waals surface area contributed by atoms with Crippen molar-refractivity contribution in [2.45, 2.75) is 39.7 Å². The maximum absolute atomic E-state index is 14.0. The van der Waals surface area contributed by atoms with Gasteiger partial charge in [-0.25, -0.2) is 4.79 Å². The zero-order valence-electron chi connectivity index (χ0n) is 21.0. The second-order valence-corrected chi connectivity index (χ2v) is 8.77. The standard InChI is InChI=1S/C31H29N3O3/c1-3-4-13-24-19-22(2)28(21-33-31(36)37-25-14-6-5-7-15-25)30(35)34(24)29-18-11-10-17-27(29)26-16-9-8-12-23(26)20-32/h5-12,14-19H,3-4,13,21H2,1-2H3,(H,33,36). The highest BCUT2D eigenvalue weighted by Gasteiger charge is 2.18. The van der Waals surface area contributed by atoms with Crippen LogP contribution in [0, 0.1) is 18.3 Å². The van der Waals surface area contributed by atoms with Gasteiger partial charge in [-0.2, -0.15) is 5.26 Å². The molecule has 0 atom stereocenters. The third-order valence-electron chi connectivity index (χ3n) is 6.24. The molecule has 6 heteroatoms. The number of ether oxygens (including phenoxy) is 1. The van der Waals surface area contributed by atoms with Gasteiger partial charge in [-0.15, -0.1) is 0 Å². The van der Waals surface area contributed by atoms with Gasteiger partial charge in [0.05, 0.1) is 23.9 Å². The molecule has 3 aromatic carbocycles. The zero-order chi connectivity index (χ0) is 26.2. The quantitative estimate of drug-likeness (QED) is 0.313. The largest absolute Gasteiger partial charge is 0.412 e. The molecule has 0 bridgehead atoms. The van der Waals surface area contributed by atoms with Crippen LogP contribution in [-0.4, -0.2) is 10.7 Å². The van der Waals surface area contributed by atoms with Crippen LogP contribution >= 0.6 is 0 Å². The average molecular weight is 492 g/mol. The molecule has 0 aliphatic heterocycles. The van der Waals surface area contributed by atoms with E-state index in [9.17, 15) is 14.9 Å². The SMILES string of the molecule is CCCCc1cc(C)c(CNC(=O)Oc2ccccc2)c(=O)n1-c1ccccc1-c1ccccc1C#N. The lowest BCUT2D eigenvalue weighted by atomic mass is 9.97. The number of pyridine rings is 1. The summed E-state index contributed by atoms with van der Waals surface area (Å²) in [5.74, 6) is 0.425. The number of rotatable bonds is 8. The molecular formula is C31H29N3O3. The molecule has 186 valence electrons. The Morgan fingerprint density at radius 2 is 1.65 bits per heavy atom. The van der Waals surface area contributed by atoms with Gasteiger partial charge in [0.15, 0.2) is 0 Å². The van der Waals surface area contributed by atoms with Crippen molar-refractivity contribution in [3.8, 4) is 28.6 Å². The van der Waals surface area contributed by atoms with Crippen LogP contribution in [0.5, 0.6) is 5.75 Å². The maximum atomic E-state index is 14.0. The number of carbonyl (C=O) groups is 1. The minimum Gasteiger partial charge on any atom is -0.410 e. The number of aromatic nitrogens is 1. The normalized spacial score (nSPS) is 10.5. The van der Waals surface area contributed by atoms with Crippen molar-refractivity contribution >= 4 is 6.09 Å². The van der Waals surface area contributed by atoms with Crippen molar-refractivity contribution in [2.75, 3.05) is 0 Å². The van der Waals surface area contributed by atoms with Crippen LogP contribution in [-0.2, 0) is 13.0 Å². The lowest BCUT2D eigenvalue weighted by molar-refractivity contribution is 0.200. The van der Waals surface area contributed by atoms with Gasteiger partial charge in [0.2, 0.25) is 0 Å². The van der Waals surface area contributed by atoms with Crippen LogP contribution in [0.15, 0.2) is 89.7 Å². The number of hydrogen-bond acceptors (Lipinski definition) is 4. The number of nitriles is 1. The summed E-state index contributed by atoms with van der Waals surface area (Å²) in [6.45, 7) is 4.03. The minimum absolute atomic E-state index is 0.0291. The van der Waals surface area contributed by atoms with E-state index < -0.39 is 6.09 Å². The summed E-state index contributed by atoms with van der Waals surface area (Å²) in [7, 11) is 0. The van der Waals surface area contributed by atoms with Gasteiger partial charge < -0.3 is 10.1 Å².